The maximum absolute atomic E-state index is 5.41. The molecule has 1 heterocycles. The van der Waals surface area contributed by atoms with Crippen molar-refractivity contribution in [2.24, 2.45) is 7.05 Å². The summed E-state index contributed by atoms with van der Waals surface area (Å²) in [7, 11) is 3.64. The van der Waals surface area contributed by atoms with Crippen LogP contribution in [0.25, 0.3) is 17.5 Å². The van der Waals surface area contributed by atoms with Gasteiger partial charge in [0.2, 0.25) is 0 Å². The van der Waals surface area contributed by atoms with Gasteiger partial charge < -0.3 is 9.30 Å². The van der Waals surface area contributed by atoms with Crippen LogP contribution in [0.5, 0.6) is 5.75 Å². The van der Waals surface area contributed by atoms with E-state index in [1.54, 1.807) is 18.9 Å². The van der Waals surface area contributed by atoms with Gasteiger partial charge in [0.1, 0.15) is 5.75 Å². The number of nitrogens with zero attached hydrogens (tertiary/aromatic N) is 3. The Balaban J connectivity index is 1.70. The van der Waals surface area contributed by atoms with Gasteiger partial charge in [-0.15, -0.1) is 10.2 Å². The molecular weight excluding hydrogens is 318 g/mol. The van der Waals surface area contributed by atoms with Gasteiger partial charge in [0.05, 0.1) is 12.7 Å². The smallest absolute Gasteiger partial charge is 0.191 e. The molecule has 4 nitrogen and oxygen atoms in total. The van der Waals surface area contributed by atoms with E-state index in [1.807, 2.05) is 54.1 Å². The minimum atomic E-state index is 0.800. The molecule has 0 atom stereocenters. The number of hydrogen-bond donors (Lipinski definition) is 0. The molecule has 0 aliphatic rings. The number of benzene rings is 2. The van der Waals surface area contributed by atoms with Crippen LogP contribution in [-0.4, -0.2) is 27.6 Å². The maximum atomic E-state index is 5.41. The lowest BCUT2D eigenvalue weighted by Gasteiger charge is -2.07. The van der Waals surface area contributed by atoms with E-state index in [0.29, 0.717) is 0 Å². The Kier molecular flexibility index (Phi) is 5.33. The van der Waals surface area contributed by atoms with Crippen LogP contribution in [-0.2, 0) is 7.05 Å². The Labute approximate surface area is 146 Å². The van der Waals surface area contributed by atoms with Crippen molar-refractivity contribution in [3.05, 3.63) is 66.2 Å². The Bertz CT molecular complexity index is 828. The summed E-state index contributed by atoms with van der Waals surface area (Å²) in [6, 6.07) is 18.1. The average Bonchev–Trinajstić information content (AvgIpc) is 3.00. The lowest BCUT2D eigenvalue weighted by atomic mass is 10.2. The van der Waals surface area contributed by atoms with E-state index in [2.05, 4.69) is 34.5 Å². The first-order valence-electron chi connectivity index (χ1n) is 7.67. The normalized spacial score (nSPS) is 11.1. The standard InChI is InChI=1S/C19H19N3OS/c1-22-18(16-12-6-7-13-17(16)23-2)20-21-19(22)24-14-8-11-15-9-4-3-5-10-15/h3-13H,14H2,1-2H3. The number of rotatable bonds is 6. The number of ether oxygens (including phenoxy) is 1. The first-order valence-corrected chi connectivity index (χ1v) is 8.65. The van der Waals surface area contributed by atoms with Crippen LogP contribution >= 0.6 is 11.8 Å². The van der Waals surface area contributed by atoms with E-state index < -0.39 is 0 Å². The van der Waals surface area contributed by atoms with Crippen molar-refractivity contribution in [3.63, 3.8) is 0 Å². The molecule has 0 saturated carbocycles. The molecular formula is C19H19N3OS. The largest absolute Gasteiger partial charge is 0.496 e. The Morgan fingerprint density at radius 3 is 2.58 bits per heavy atom. The highest BCUT2D eigenvalue weighted by Crippen LogP contribution is 2.29. The molecule has 3 aromatic rings. The van der Waals surface area contributed by atoms with Crippen LogP contribution in [0.2, 0.25) is 0 Å². The van der Waals surface area contributed by atoms with E-state index in [-0.39, 0.29) is 0 Å². The Morgan fingerprint density at radius 1 is 1.04 bits per heavy atom. The quantitative estimate of drug-likeness (QED) is 0.629. The lowest BCUT2D eigenvalue weighted by Crippen LogP contribution is -1.97. The molecule has 122 valence electrons. The maximum Gasteiger partial charge on any atom is 0.191 e. The van der Waals surface area contributed by atoms with E-state index >= 15 is 0 Å². The van der Waals surface area contributed by atoms with Gasteiger partial charge in [-0.05, 0) is 17.7 Å². The molecule has 0 saturated heterocycles. The number of aromatic nitrogens is 3. The molecule has 0 spiro atoms. The van der Waals surface area contributed by atoms with Gasteiger partial charge in [-0.2, -0.15) is 0 Å². The van der Waals surface area contributed by atoms with Crippen molar-refractivity contribution < 1.29 is 4.74 Å². The third kappa shape index (κ3) is 3.68. The summed E-state index contributed by atoms with van der Waals surface area (Å²) in [4.78, 5) is 0. The molecule has 0 N–H and O–H groups in total. The number of thioether (sulfide) groups is 1. The third-order valence-corrected chi connectivity index (χ3v) is 4.57. The number of hydrogen-bond acceptors (Lipinski definition) is 4. The van der Waals surface area contributed by atoms with Gasteiger partial charge in [0, 0.05) is 12.8 Å². The summed E-state index contributed by atoms with van der Waals surface area (Å²) in [5.74, 6) is 2.45. The second-order valence-corrected chi connectivity index (χ2v) is 6.18. The second kappa shape index (κ2) is 7.84. The van der Waals surface area contributed by atoms with Gasteiger partial charge in [-0.3, -0.25) is 0 Å². The summed E-state index contributed by atoms with van der Waals surface area (Å²) in [5, 5.41) is 9.50. The van der Waals surface area contributed by atoms with Crippen molar-refractivity contribution >= 4 is 17.8 Å². The first-order chi connectivity index (χ1) is 11.8. The van der Waals surface area contributed by atoms with Crippen LogP contribution in [0.1, 0.15) is 5.56 Å². The van der Waals surface area contributed by atoms with E-state index in [9.17, 15) is 0 Å². The van der Waals surface area contributed by atoms with Gasteiger partial charge in [-0.1, -0.05) is 66.4 Å². The first kappa shape index (κ1) is 16.3. The Morgan fingerprint density at radius 2 is 1.79 bits per heavy atom. The lowest BCUT2D eigenvalue weighted by molar-refractivity contribution is 0.416. The third-order valence-electron chi connectivity index (χ3n) is 3.60. The molecule has 0 bridgehead atoms. The predicted molar refractivity (Wildman–Crippen MR) is 99.2 cm³/mol. The highest BCUT2D eigenvalue weighted by Gasteiger charge is 2.14. The summed E-state index contributed by atoms with van der Waals surface area (Å²) >= 11 is 1.66. The average molecular weight is 337 g/mol. The van der Waals surface area contributed by atoms with Crippen LogP contribution in [0.3, 0.4) is 0 Å². The van der Waals surface area contributed by atoms with Crippen molar-refractivity contribution in [3.8, 4) is 17.1 Å². The summed E-state index contributed by atoms with van der Waals surface area (Å²) < 4.78 is 7.41. The topological polar surface area (TPSA) is 39.9 Å². The molecule has 0 aliphatic carbocycles. The van der Waals surface area contributed by atoms with Gasteiger partial charge in [0.25, 0.3) is 0 Å². The van der Waals surface area contributed by atoms with Crippen molar-refractivity contribution in [1.82, 2.24) is 14.8 Å². The molecule has 0 unspecified atom stereocenters. The molecule has 0 aliphatic heterocycles. The molecule has 1 aromatic heterocycles. The summed E-state index contributed by atoms with van der Waals surface area (Å²) in [5.41, 5.74) is 2.15. The fraction of sp³-hybridized carbons (Fsp3) is 0.158. The van der Waals surface area contributed by atoms with Crippen LogP contribution < -0.4 is 4.74 Å². The zero-order valence-electron chi connectivity index (χ0n) is 13.7. The van der Waals surface area contributed by atoms with Crippen LogP contribution in [0.4, 0.5) is 0 Å². The van der Waals surface area contributed by atoms with Crippen molar-refractivity contribution in [1.29, 1.82) is 0 Å². The highest BCUT2D eigenvalue weighted by molar-refractivity contribution is 7.99. The predicted octanol–water partition coefficient (Wildman–Crippen LogP) is 4.30. The molecule has 24 heavy (non-hydrogen) atoms. The second-order valence-electron chi connectivity index (χ2n) is 5.19. The SMILES string of the molecule is COc1ccccc1-c1nnc(SCC=Cc2ccccc2)n1C. The molecule has 0 radical (unpaired) electrons. The minimum absolute atomic E-state index is 0.800. The zero-order valence-corrected chi connectivity index (χ0v) is 14.5. The highest BCUT2D eigenvalue weighted by atomic mass is 32.2. The fourth-order valence-corrected chi connectivity index (χ4v) is 3.10. The number of para-hydroxylation sites is 1. The number of methoxy groups -OCH3 is 1. The van der Waals surface area contributed by atoms with Crippen LogP contribution in [0, 0.1) is 0 Å². The van der Waals surface area contributed by atoms with Gasteiger partial charge in [0.15, 0.2) is 11.0 Å². The minimum Gasteiger partial charge on any atom is -0.496 e. The molecule has 0 fully saturated rings. The van der Waals surface area contributed by atoms with Gasteiger partial charge >= 0.3 is 0 Å². The Hall–Kier alpha value is -2.53. The molecule has 5 heteroatoms. The monoisotopic (exact) mass is 337 g/mol. The molecule has 2 aromatic carbocycles. The summed E-state index contributed by atoms with van der Waals surface area (Å²) in [6.45, 7) is 0. The fourth-order valence-electron chi connectivity index (χ4n) is 2.38. The molecule has 0 amide bonds. The van der Waals surface area contributed by atoms with E-state index in [1.165, 1.54) is 5.56 Å². The summed E-state index contributed by atoms with van der Waals surface area (Å²) in [6.07, 6.45) is 4.25. The van der Waals surface area contributed by atoms with Crippen molar-refractivity contribution in [2.75, 3.05) is 12.9 Å². The zero-order chi connectivity index (χ0) is 16.8. The van der Waals surface area contributed by atoms with Crippen LogP contribution in [0.15, 0.2) is 65.8 Å². The van der Waals surface area contributed by atoms with Gasteiger partial charge in [-0.25, -0.2) is 0 Å². The van der Waals surface area contributed by atoms with E-state index in [4.69, 9.17) is 4.74 Å². The molecule has 3 rings (SSSR count). The van der Waals surface area contributed by atoms with Crippen molar-refractivity contribution in [2.45, 2.75) is 5.16 Å². The van der Waals surface area contributed by atoms with E-state index in [0.717, 1.165) is 28.0 Å².